The molecule has 390 valence electrons. The van der Waals surface area contributed by atoms with Crippen LogP contribution in [0.1, 0.15) is 71.7 Å². The van der Waals surface area contributed by atoms with Crippen molar-refractivity contribution in [2.75, 3.05) is 26.4 Å². The maximum atomic E-state index is 13.9. The number of benzene rings is 1. The maximum Gasteiger partial charge on any atom is 0.303 e. The molecule has 1 fully saturated rings. The highest BCUT2D eigenvalue weighted by atomic mass is 16.4. The van der Waals surface area contributed by atoms with Gasteiger partial charge in [-0.15, -0.1) is 0 Å². The Balaban J connectivity index is 0.0000252. The number of nitrogens with two attached hydrogens (primary N) is 2. The number of primary amides is 2. The third kappa shape index (κ3) is 20.9. The van der Waals surface area contributed by atoms with E-state index < -0.39 is 164 Å². The van der Waals surface area contributed by atoms with Gasteiger partial charge in [-0.2, -0.15) is 0 Å². The fourth-order valence-corrected chi connectivity index (χ4v) is 6.61. The molecule has 1 aromatic rings. The van der Waals surface area contributed by atoms with Crippen LogP contribution in [0.4, 0.5) is 0 Å². The maximum absolute atomic E-state index is 13.9. The molecule has 1 aliphatic rings. The molecule has 18 N–H and O–H groups in total. The number of carboxylic acids is 1. The van der Waals surface area contributed by atoms with E-state index in [0.717, 1.165) is 6.92 Å². The Labute approximate surface area is 402 Å². The molecule has 9 atom stereocenters. The fraction of sp³-hybridized carbons (Fsp3) is 0.571. The summed E-state index contributed by atoms with van der Waals surface area (Å²) < 4.78 is 0. The number of aliphatic carboxylic acids is 1. The fourth-order valence-electron chi connectivity index (χ4n) is 6.61. The molecule has 1 aliphatic heterocycles. The lowest BCUT2D eigenvalue weighted by Crippen LogP contribution is -2.62. The van der Waals surface area contributed by atoms with Crippen molar-refractivity contribution in [2.24, 2.45) is 11.5 Å². The predicted molar refractivity (Wildman–Crippen MR) is 241 cm³/mol. The Hall–Kier alpha value is -7.30. The number of hydrogen-bond acceptors (Lipinski definition) is 16. The van der Waals surface area contributed by atoms with Crippen molar-refractivity contribution < 1.29 is 84.5 Å². The minimum absolute atomic E-state index is 0. The van der Waals surface area contributed by atoms with E-state index in [-0.39, 0.29) is 46.5 Å². The minimum atomic E-state index is -1.99. The molecule has 28 heteroatoms. The van der Waals surface area contributed by atoms with Crippen molar-refractivity contribution in [3.8, 4) is 0 Å². The molecule has 1 saturated heterocycles. The molecule has 11 amide bonds. The van der Waals surface area contributed by atoms with E-state index in [1.54, 1.807) is 30.3 Å². The van der Waals surface area contributed by atoms with E-state index in [0.29, 0.717) is 12.0 Å². The standard InChI is InChI=1S/C42H63N11O17.H2/c1-21(57)34-42(70)52-29(20-56)40(68)48-24(12-14-33(61)62)36(64)51-28(19-55)41(69)49-25(16-22-8-4-2-5-9-22)37(65)47-23(11-13-30(43)58)35(63)45-15-7-3-6-10-32(60)46-27(18-54)39(67)50-26(17-31(44)59)38(66)53-34;/h2,4-5,8-9,21,23-29,34,54-57H,3,6-7,10-20H2,1H3,(H2,43,58)(H2,44,59)(H,45,63)(H,46,60)(H,47,65)(H,48,68)(H,49,69)(H,50,67)(H,51,64)(H,52,70)(H,53,66)(H,61,62);1H/t21-,23?,24?,25?,26+,27?,28+,29+,34+;/m1./s1. The van der Waals surface area contributed by atoms with Crippen LogP contribution in [0.25, 0.3) is 0 Å². The Morgan fingerprint density at radius 3 is 1.56 bits per heavy atom. The topological polar surface area (TPSA) is 466 Å². The largest absolute Gasteiger partial charge is 0.481 e. The molecule has 0 bridgehead atoms. The van der Waals surface area contributed by atoms with Crippen molar-refractivity contribution in [3.63, 3.8) is 0 Å². The Kier molecular flexibility index (Phi) is 25.4. The second-order valence-corrected chi connectivity index (χ2v) is 16.2. The van der Waals surface area contributed by atoms with Crippen LogP contribution in [0.15, 0.2) is 30.3 Å². The zero-order chi connectivity index (χ0) is 52.5. The summed E-state index contributed by atoms with van der Waals surface area (Å²) in [5.74, 6) is -13.5. The minimum Gasteiger partial charge on any atom is -0.481 e. The molecule has 0 aromatic heterocycles. The van der Waals surface area contributed by atoms with Crippen LogP contribution in [0.5, 0.6) is 0 Å². The first-order valence-corrected chi connectivity index (χ1v) is 22.1. The van der Waals surface area contributed by atoms with Crippen LogP contribution in [-0.2, 0) is 64.0 Å². The van der Waals surface area contributed by atoms with Gasteiger partial charge in [-0.3, -0.25) is 57.5 Å². The van der Waals surface area contributed by atoms with Gasteiger partial charge >= 0.3 is 5.97 Å². The quantitative estimate of drug-likeness (QED) is 0.0823. The zero-order valence-electron chi connectivity index (χ0n) is 38.3. The molecule has 0 saturated carbocycles. The van der Waals surface area contributed by atoms with Gasteiger partial charge in [-0.25, -0.2) is 0 Å². The van der Waals surface area contributed by atoms with Gasteiger partial charge in [0.1, 0.15) is 48.3 Å². The average molecular weight is 996 g/mol. The molecule has 28 nitrogen and oxygen atoms in total. The molecular formula is C42H65N11O17. The van der Waals surface area contributed by atoms with Gasteiger partial charge in [-0.05, 0) is 38.2 Å². The molecule has 1 aromatic carbocycles. The number of hydrogen-bond donors (Lipinski definition) is 16. The first-order chi connectivity index (χ1) is 33.1. The summed E-state index contributed by atoms with van der Waals surface area (Å²) in [4.78, 5) is 156. The van der Waals surface area contributed by atoms with Gasteiger partial charge in [0, 0.05) is 33.7 Å². The lowest BCUT2D eigenvalue weighted by molar-refractivity contribution is -0.139. The molecule has 0 spiro atoms. The van der Waals surface area contributed by atoms with Crippen LogP contribution >= 0.6 is 0 Å². The van der Waals surface area contributed by atoms with Gasteiger partial charge in [0.05, 0.1) is 32.3 Å². The second-order valence-electron chi connectivity index (χ2n) is 16.2. The number of rotatable bonds is 14. The number of aliphatic hydroxyl groups excluding tert-OH is 4. The van der Waals surface area contributed by atoms with Gasteiger partial charge in [0.15, 0.2) is 0 Å². The number of carboxylic acid groups (broad SMARTS) is 1. The van der Waals surface area contributed by atoms with Crippen LogP contribution < -0.4 is 59.3 Å². The van der Waals surface area contributed by atoms with Gasteiger partial charge < -0.3 is 84.9 Å². The van der Waals surface area contributed by atoms with Crippen molar-refractivity contribution in [1.82, 2.24) is 47.9 Å². The Morgan fingerprint density at radius 1 is 0.571 bits per heavy atom. The highest BCUT2D eigenvalue weighted by molar-refractivity contribution is 5.99. The van der Waals surface area contributed by atoms with Crippen LogP contribution in [0.2, 0.25) is 0 Å². The number of carbonyl (C=O) groups is 12. The Bertz CT molecular complexity index is 2030. The van der Waals surface area contributed by atoms with E-state index in [1.165, 1.54) is 0 Å². The van der Waals surface area contributed by atoms with Crippen LogP contribution in [0, 0.1) is 0 Å². The number of amides is 11. The number of nitrogens with one attached hydrogen (secondary N) is 9. The number of aliphatic hydroxyl groups is 4. The van der Waals surface area contributed by atoms with E-state index in [1.807, 2.05) is 5.32 Å². The molecule has 0 aliphatic carbocycles. The van der Waals surface area contributed by atoms with Gasteiger partial charge in [0.25, 0.3) is 0 Å². The summed E-state index contributed by atoms with van der Waals surface area (Å²) in [5, 5.41) is 70.4. The van der Waals surface area contributed by atoms with E-state index >= 15 is 0 Å². The summed E-state index contributed by atoms with van der Waals surface area (Å²) in [6.45, 7) is -2.31. The summed E-state index contributed by atoms with van der Waals surface area (Å²) in [5.41, 5.74) is 11.1. The van der Waals surface area contributed by atoms with Crippen LogP contribution in [0.3, 0.4) is 0 Å². The molecule has 2 rings (SSSR count). The molecule has 4 unspecified atom stereocenters. The van der Waals surface area contributed by atoms with Crippen LogP contribution in [-0.4, -0.2) is 177 Å². The number of carbonyl (C=O) groups excluding carboxylic acids is 11. The summed E-state index contributed by atoms with van der Waals surface area (Å²) >= 11 is 0. The third-order valence-electron chi connectivity index (χ3n) is 10.5. The first kappa shape index (κ1) is 58.8. The molecule has 70 heavy (non-hydrogen) atoms. The van der Waals surface area contributed by atoms with Crippen molar-refractivity contribution in [2.45, 2.75) is 126 Å². The summed E-state index contributed by atoms with van der Waals surface area (Å²) in [7, 11) is 0. The molecule has 1 heterocycles. The lowest BCUT2D eigenvalue weighted by atomic mass is 10.0. The zero-order valence-corrected chi connectivity index (χ0v) is 38.3. The summed E-state index contributed by atoms with van der Waals surface area (Å²) in [6.07, 6.45) is -4.41. The third-order valence-corrected chi connectivity index (χ3v) is 10.5. The monoisotopic (exact) mass is 995 g/mol. The van der Waals surface area contributed by atoms with Crippen molar-refractivity contribution in [3.05, 3.63) is 35.9 Å². The first-order valence-electron chi connectivity index (χ1n) is 22.1. The highest BCUT2D eigenvalue weighted by Gasteiger charge is 2.36. The smallest absolute Gasteiger partial charge is 0.303 e. The Morgan fingerprint density at radius 2 is 1.03 bits per heavy atom. The molecule has 0 radical (unpaired) electrons. The normalized spacial score (nSPS) is 25.3. The average Bonchev–Trinajstić information content (AvgIpc) is 3.30. The second kappa shape index (κ2) is 30.2. The molecular weight excluding hydrogens is 931 g/mol. The highest BCUT2D eigenvalue weighted by Crippen LogP contribution is 2.09. The van der Waals surface area contributed by atoms with Gasteiger partial charge in [-0.1, -0.05) is 36.8 Å². The lowest BCUT2D eigenvalue weighted by Gasteiger charge is -2.28. The SMILES string of the molecule is C[C@@H](O)[C@@H]1NC(=O)[C@H](CC(N)=O)NC(=O)C(CO)NC(=O)CCCCCNC(=O)C(CCC(N)=O)NC(=O)C(Cc2ccccc2)NC(=O)[C@H](CO)NC(=O)C(CCC(=O)O)NC(=O)[C@H](CO)NC1=O.[HH]. The summed E-state index contributed by atoms with van der Waals surface area (Å²) in [6, 6.07) is -6.02. The van der Waals surface area contributed by atoms with E-state index in [2.05, 4.69) is 42.5 Å². The predicted octanol–water partition coefficient (Wildman–Crippen LogP) is -7.59. The van der Waals surface area contributed by atoms with Crippen molar-refractivity contribution >= 4 is 70.9 Å². The van der Waals surface area contributed by atoms with Gasteiger partial charge in [0.2, 0.25) is 65.0 Å². The van der Waals surface area contributed by atoms with E-state index in [4.69, 9.17) is 11.5 Å². The van der Waals surface area contributed by atoms with Crippen molar-refractivity contribution in [1.29, 1.82) is 0 Å². The van der Waals surface area contributed by atoms with E-state index in [9.17, 15) is 83.1 Å².